The van der Waals surface area contributed by atoms with E-state index in [1.807, 2.05) is 30.3 Å². The Hall–Kier alpha value is -2.40. The van der Waals surface area contributed by atoms with Gasteiger partial charge in [-0.3, -0.25) is 4.79 Å². The molecule has 3 rings (SSSR count). The molecule has 2 aromatic carbocycles. The SMILES string of the molecule is O=C(CCC1CCCO1)Nc1c(F)cccc1OCc1ccccc1. The lowest BCUT2D eigenvalue weighted by Gasteiger charge is -2.14. The molecule has 25 heavy (non-hydrogen) atoms. The summed E-state index contributed by atoms with van der Waals surface area (Å²) in [5.41, 5.74) is 1.07. The Bertz CT molecular complexity index is 699. The molecule has 1 aliphatic rings. The van der Waals surface area contributed by atoms with Crippen LogP contribution in [0, 0.1) is 5.82 Å². The Morgan fingerprint density at radius 2 is 2.04 bits per heavy atom. The highest BCUT2D eigenvalue weighted by Crippen LogP contribution is 2.28. The van der Waals surface area contributed by atoms with Gasteiger partial charge < -0.3 is 14.8 Å². The molecule has 1 unspecified atom stereocenters. The molecule has 0 aliphatic carbocycles. The van der Waals surface area contributed by atoms with Crippen molar-refractivity contribution < 1.29 is 18.7 Å². The first kappa shape index (κ1) is 17.4. The van der Waals surface area contributed by atoms with Crippen LogP contribution in [0.5, 0.6) is 5.75 Å². The number of amides is 1. The summed E-state index contributed by atoms with van der Waals surface area (Å²) in [6.45, 7) is 1.07. The zero-order valence-corrected chi connectivity index (χ0v) is 14.0. The Kier molecular flexibility index (Phi) is 6.01. The van der Waals surface area contributed by atoms with E-state index in [-0.39, 0.29) is 17.7 Å². The van der Waals surface area contributed by atoms with Crippen LogP contribution in [0.3, 0.4) is 0 Å². The van der Waals surface area contributed by atoms with Gasteiger partial charge in [-0.05, 0) is 37.0 Å². The van der Waals surface area contributed by atoms with E-state index in [0.29, 0.717) is 25.2 Å². The van der Waals surface area contributed by atoms with Gasteiger partial charge in [0.2, 0.25) is 5.91 Å². The highest BCUT2D eigenvalue weighted by atomic mass is 19.1. The van der Waals surface area contributed by atoms with Crippen molar-refractivity contribution in [1.82, 2.24) is 0 Å². The number of hydrogen-bond donors (Lipinski definition) is 1. The van der Waals surface area contributed by atoms with E-state index in [4.69, 9.17) is 9.47 Å². The van der Waals surface area contributed by atoms with Crippen molar-refractivity contribution in [2.45, 2.75) is 38.4 Å². The van der Waals surface area contributed by atoms with E-state index in [9.17, 15) is 9.18 Å². The van der Waals surface area contributed by atoms with E-state index in [1.54, 1.807) is 12.1 Å². The lowest BCUT2D eigenvalue weighted by molar-refractivity contribution is -0.116. The first-order chi connectivity index (χ1) is 12.2. The van der Waals surface area contributed by atoms with Gasteiger partial charge in [0.05, 0.1) is 6.10 Å². The van der Waals surface area contributed by atoms with Crippen LogP contribution < -0.4 is 10.1 Å². The van der Waals surface area contributed by atoms with Crippen LogP contribution in [0.1, 0.15) is 31.2 Å². The molecule has 1 atom stereocenters. The van der Waals surface area contributed by atoms with E-state index in [2.05, 4.69) is 5.32 Å². The molecule has 4 nitrogen and oxygen atoms in total. The molecule has 1 N–H and O–H groups in total. The molecule has 0 aromatic heterocycles. The molecule has 0 bridgehead atoms. The zero-order chi connectivity index (χ0) is 17.5. The topological polar surface area (TPSA) is 47.6 Å². The van der Waals surface area contributed by atoms with Crippen molar-refractivity contribution in [2.24, 2.45) is 0 Å². The molecule has 1 amide bonds. The molecular weight excluding hydrogens is 321 g/mol. The van der Waals surface area contributed by atoms with Crippen molar-refractivity contribution in [2.75, 3.05) is 11.9 Å². The minimum atomic E-state index is -0.504. The molecule has 132 valence electrons. The molecular formula is C20H22FNO3. The lowest BCUT2D eigenvalue weighted by atomic mass is 10.1. The highest BCUT2D eigenvalue weighted by molar-refractivity contribution is 5.92. The van der Waals surface area contributed by atoms with Gasteiger partial charge in [0.25, 0.3) is 0 Å². The van der Waals surface area contributed by atoms with Gasteiger partial charge in [-0.1, -0.05) is 36.4 Å². The van der Waals surface area contributed by atoms with Crippen LogP contribution in [0.25, 0.3) is 0 Å². The summed E-state index contributed by atoms with van der Waals surface area (Å²) in [6.07, 6.45) is 3.12. The van der Waals surface area contributed by atoms with Crippen LogP contribution in [0.2, 0.25) is 0 Å². The quantitative estimate of drug-likeness (QED) is 0.815. The Morgan fingerprint density at radius 3 is 2.80 bits per heavy atom. The minimum Gasteiger partial charge on any atom is -0.487 e. The second kappa shape index (κ2) is 8.62. The summed E-state index contributed by atoms with van der Waals surface area (Å²) in [5, 5.41) is 2.64. The summed E-state index contributed by atoms with van der Waals surface area (Å²) in [4.78, 5) is 12.2. The van der Waals surface area contributed by atoms with Gasteiger partial charge >= 0.3 is 0 Å². The second-order valence-corrected chi connectivity index (χ2v) is 6.11. The van der Waals surface area contributed by atoms with Crippen molar-refractivity contribution in [3.05, 3.63) is 59.9 Å². The standard InChI is InChI=1S/C20H22FNO3/c21-17-9-4-10-18(25-14-15-6-2-1-3-7-15)20(17)22-19(23)12-11-16-8-5-13-24-16/h1-4,6-7,9-10,16H,5,8,11-14H2,(H,22,23). The van der Waals surface area contributed by atoms with Crippen LogP contribution in [0.15, 0.2) is 48.5 Å². The number of halogens is 1. The maximum absolute atomic E-state index is 14.2. The first-order valence-electron chi connectivity index (χ1n) is 8.59. The third-order valence-electron chi connectivity index (χ3n) is 4.19. The van der Waals surface area contributed by atoms with Gasteiger partial charge in [0, 0.05) is 13.0 Å². The molecule has 0 radical (unpaired) electrons. The first-order valence-corrected chi connectivity index (χ1v) is 8.59. The van der Waals surface area contributed by atoms with Crippen LogP contribution in [0.4, 0.5) is 10.1 Å². The van der Waals surface area contributed by atoms with Crippen LogP contribution >= 0.6 is 0 Å². The minimum absolute atomic E-state index is 0.0933. The van der Waals surface area contributed by atoms with E-state index < -0.39 is 5.82 Å². The maximum Gasteiger partial charge on any atom is 0.224 e. The smallest absolute Gasteiger partial charge is 0.224 e. The number of para-hydroxylation sites is 1. The van der Waals surface area contributed by atoms with Crippen molar-refractivity contribution in [3.8, 4) is 5.75 Å². The predicted molar refractivity (Wildman–Crippen MR) is 94.0 cm³/mol. The molecule has 0 saturated carbocycles. The maximum atomic E-state index is 14.2. The molecule has 1 saturated heterocycles. The number of ether oxygens (including phenoxy) is 2. The number of nitrogens with one attached hydrogen (secondary N) is 1. The Labute approximate surface area is 147 Å². The molecule has 1 fully saturated rings. The fraction of sp³-hybridized carbons (Fsp3) is 0.350. The molecule has 1 aliphatic heterocycles. The van der Waals surface area contributed by atoms with Gasteiger partial charge in [0.15, 0.2) is 5.82 Å². The van der Waals surface area contributed by atoms with E-state index >= 15 is 0 Å². The van der Waals surface area contributed by atoms with Crippen molar-refractivity contribution in [1.29, 1.82) is 0 Å². The Morgan fingerprint density at radius 1 is 1.20 bits per heavy atom. The van der Waals surface area contributed by atoms with Gasteiger partial charge in [0.1, 0.15) is 18.0 Å². The van der Waals surface area contributed by atoms with Crippen LogP contribution in [-0.4, -0.2) is 18.6 Å². The fourth-order valence-corrected chi connectivity index (χ4v) is 2.85. The van der Waals surface area contributed by atoms with E-state index in [1.165, 1.54) is 6.07 Å². The summed E-state index contributed by atoms with van der Waals surface area (Å²) in [5.74, 6) is -0.407. The normalized spacial score (nSPS) is 16.6. The average Bonchev–Trinajstić information content (AvgIpc) is 3.15. The second-order valence-electron chi connectivity index (χ2n) is 6.11. The highest BCUT2D eigenvalue weighted by Gasteiger charge is 2.18. The number of benzene rings is 2. The predicted octanol–water partition coefficient (Wildman–Crippen LogP) is 4.30. The Balaban J connectivity index is 1.60. The fourth-order valence-electron chi connectivity index (χ4n) is 2.85. The zero-order valence-electron chi connectivity index (χ0n) is 14.0. The van der Waals surface area contributed by atoms with Crippen LogP contribution in [-0.2, 0) is 16.1 Å². The average molecular weight is 343 g/mol. The summed E-state index contributed by atoms with van der Waals surface area (Å²) >= 11 is 0. The molecule has 2 aromatic rings. The van der Waals surface area contributed by atoms with Gasteiger partial charge in [-0.15, -0.1) is 0 Å². The van der Waals surface area contributed by atoms with Gasteiger partial charge in [-0.25, -0.2) is 4.39 Å². The summed E-state index contributed by atoms with van der Waals surface area (Å²) in [6, 6.07) is 14.1. The molecule has 0 spiro atoms. The van der Waals surface area contributed by atoms with Crippen molar-refractivity contribution >= 4 is 11.6 Å². The largest absolute Gasteiger partial charge is 0.487 e. The molecule has 1 heterocycles. The summed E-state index contributed by atoms with van der Waals surface area (Å²) in [7, 11) is 0. The van der Waals surface area contributed by atoms with Crippen molar-refractivity contribution in [3.63, 3.8) is 0 Å². The summed E-state index contributed by atoms with van der Waals surface area (Å²) < 4.78 is 25.4. The third kappa shape index (κ3) is 5.03. The third-order valence-corrected chi connectivity index (χ3v) is 4.19. The monoisotopic (exact) mass is 343 g/mol. The number of hydrogen-bond acceptors (Lipinski definition) is 3. The number of carbonyl (C=O) groups is 1. The van der Waals surface area contributed by atoms with E-state index in [0.717, 1.165) is 25.0 Å². The number of rotatable bonds is 7. The number of anilines is 1. The molecule has 5 heteroatoms. The van der Waals surface area contributed by atoms with Gasteiger partial charge in [-0.2, -0.15) is 0 Å². The number of carbonyl (C=O) groups excluding carboxylic acids is 1. The lowest BCUT2D eigenvalue weighted by Crippen LogP contribution is -2.16.